The van der Waals surface area contributed by atoms with Crippen molar-refractivity contribution in [3.05, 3.63) is 163 Å². The van der Waals surface area contributed by atoms with Crippen molar-refractivity contribution in [2.75, 3.05) is 7.11 Å². The Morgan fingerprint density at radius 2 is 0.611 bits per heavy atom. The van der Waals surface area contributed by atoms with Crippen molar-refractivity contribution in [2.45, 2.75) is 12.6 Å². The molecule has 0 saturated heterocycles. The molecule has 72 heavy (non-hydrogen) atoms. The van der Waals surface area contributed by atoms with Crippen molar-refractivity contribution in [1.82, 2.24) is 19.9 Å². The number of hydrogen-bond donors (Lipinski definition) is 3. The average molecular weight is 1040 g/mol. The molecule has 2 aliphatic heterocycles. The first-order chi connectivity index (χ1) is 33.9. The third-order valence-corrected chi connectivity index (χ3v) is 11.1. The number of nitrogens with zero attached hydrogens (tertiary/aromatic N) is 2. The van der Waals surface area contributed by atoms with Gasteiger partial charge < -0.3 is 24.5 Å². The number of H-pyrrole nitrogens is 2. The summed E-state index contributed by atoms with van der Waals surface area (Å²) in [4.78, 5) is 12.1. The lowest BCUT2D eigenvalue weighted by Gasteiger charge is -2.27. The van der Waals surface area contributed by atoms with Gasteiger partial charge in [-0.3, -0.25) is 0 Å². The van der Waals surface area contributed by atoms with Gasteiger partial charge in [-0.25, -0.2) is 97.8 Å². The van der Waals surface area contributed by atoms with Gasteiger partial charge in [0, 0.05) is 51.4 Å². The molecule has 2 aliphatic rings. The van der Waals surface area contributed by atoms with Gasteiger partial charge in [-0.05, 0) is 36.4 Å². The van der Waals surface area contributed by atoms with E-state index in [1.54, 1.807) is 0 Å². The smallest absolute Gasteiger partial charge is 0.204 e. The first kappa shape index (κ1) is 49.2. The lowest BCUT2D eigenvalue weighted by Crippen LogP contribution is -2.22. The first-order valence-electron chi connectivity index (χ1n) is 19.4. The molecule has 0 spiro atoms. The number of aliphatic hydroxyl groups is 1. The van der Waals surface area contributed by atoms with Crippen molar-refractivity contribution >= 4 is 34.2 Å². The predicted molar refractivity (Wildman–Crippen MR) is 207 cm³/mol. The number of fused-ring (bicyclic) bond motifs is 8. The predicted octanol–water partition coefficient (Wildman–Crippen LogP) is 13.3. The zero-order valence-electron chi connectivity index (χ0n) is 34.3. The zero-order chi connectivity index (χ0) is 52.4. The van der Waals surface area contributed by atoms with Gasteiger partial charge in [0.05, 0.1) is 33.6 Å². The van der Waals surface area contributed by atoms with Crippen LogP contribution >= 0.6 is 0 Å². The minimum Gasteiger partial charge on any atom is -0.363 e. The van der Waals surface area contributed by atoms with Crippen LogP contribution in [0.15, 0.2) is 24.3 Å². The van der Waals surface area contributed by atoms with Crippen LogP contribution in [0.1, 0.15) is 35.4 Å². The Hall–Kier alpha value is -7.78. The third-order valence-electron chi connectivity index (χ3n) is 11.1. The summed E-state index contributed by atoms with van der Waals surface area (Å²) >= 11 is 0. The highest BCUT2D eigenvalue weighted by Gasteiger charge is 2.39. The molecule has 0 fully saturated rings. The molecule has 9 rings (SSSR count). The minimum absolute atomic E-state index is 0.492. The van der Waals surface area contributed by atoms with E-state index in [1.165, 1.54) is 0 Å². The Labute approximate surface area is 383 Å². The van der Waals surface area contributed by atoms with Crippen molar-refractivity contribution in [2.24, 2.45) is 0 Å². The molecule has 5 heterocycles. The number of rotatable bonds is 5. The van der Waals surface area contributed by atoms with E-state index in [-0.39, 0.29) is 0 Å². The molecule has 0 unspecified atom stereocenters. The van der Waals surface area contributed by atoms with Gasteiger partial charge in [0.2, 0.25) is 35.8 Å². The Morgan fingerprint density at radius 3 is 0.903 bits per heavy atom. The fraction of sp³-hybridized carbons (Fsp3) is 0.0667. The van der Waals surface area contributed by atoms with Crippen LogP contribution in [-0.4, -0.2) is 32.2 Å². The van der Waals surface area contributed by atoms with E-state index in [0.717, 1.165) is 0 Å². The number of nitrogens with one attached hydrogen (secondary N) is 2. The maximum absolute atomic E-state index is 16.1. The molecule has 3 aromatic heterocycles. The van der Waals surface area contributed by atoms with Gasteiger partial charge in [-0.2, -0.15) is 0 Å². The highest BCUT2D eigenvalue weighted by atomic mass is 19.2. The van der Waals surface area contributed by atoms with Gasteiger partial charge in [0.1, 0.15) is 11.4 Å². The molecule has 4 aromatic carbocycles. The summed E-state index contributed by atoms with van der Waals surface area (Å²) in [5.41, 5.74) is -23.5. The van der Waals surface area contributed by atoms with Crippen LogP contribution < -0.4 is 0 Å². The summed E-state index contributed by atoms with van der Waals surface area (Å²) in [6, 6.07) is 2.09. The number of halogens is 20. The van der Waals surface area contributed by atoms with Crippen LogP contribution in [0, 0.1) is 116 Å². The van der Waals surface area contributed by atoms with Crippen LogP contribution in [0.5, 0.6) is 0 Å². The molecular formula is C45H14F20N4O3. The average Bonchev–Trinajstić information content (AvgIpc) is 4.17. The van der Waals surface area contributed by atoms with Crippen LogP contribution in [0.25, 0.3) is 78.7 Å². The van der Waals surface area contributed by atoms with Gasteiger partial charge in [-0.15, -0.1) is 0 Å². The first-order valence-corrected chi connectivity index (χ1v) is 19.4. The van der Waals surface area contributed by atoms with E-state index in [0.29, 0.717) is 43.5 Å². The number of aliphatic hydroxyl groups excluding tert-OH is 1. The number of hydrogen-bond acceptors (Lipinski definition) is 5. The molecular weight excluding hydrogens is 1020 g/mol. The zero-order valence-corrected chi connectivity index (χ0v) is 34.3. The molecule has 3 N–H and O–H groups in total. The van der Waals surface area contributed by atoms with Crippen LogP contribution in [0.2, 0.25) is 0 Å². The Kier molecular flexibility index (Phi) is 12.0. The molecule has 7 nitrogen and oxygen atoms in total. The van der Waals surface area contributed by atoms with Crippen molar-refractivity contribution in [1.29, 1.82) is 0 Å². The molecule has 2 atom stereocenters. The number of aromatic nitrogens is 4. The fourth-order valence-electron chi connectivity index (χ4n) is 7.92. The van der Waals surface area contributed by atoms with E-state index < -0.39 is 218 Å². The number of benzene rings is 4. The van der Waals surface area contributed by atoms with Crippen LogP contribution in [0.3, 0.4) is 0 Å². The summed E-state index contributed by atoms with van der Waals surface area (Å²) in [6.07, 6.45) is -4.37. The maximum atomic E-state index is 16.1. The lowest BCUT2D eigenvalue weighted by atomic mass is 9.98. The third kappa shape index (κ3) is 7.10. The van der Waals surface area contributed by atoms with Crippen LogP contribution in [0.4, 0.5) is 87.8 Å². The SMILES string of the molecule is CO[C@@H]1O[C@@H](O)c2nc1c(-c1c(F)c(F)c(F)c(F)c1F)c1ccc([nH]1)c(-c1c(F)c(F)c(F)c(F)c1F)c1nc(c(-c3c(F)c(F)c(F)c(F)c3F)c3ccc([nH]3)c2-c2c(F)c(F)c(F)c(F)c2F)C=C1. The van der Waals surface area contributed by atoms with Gasteiger partial charge in [-0.1, -0.05) is 0 Å². The summed E-state index contributed by atoms with van der Waals surface area (Å²) < 4.78 is 317. The highest BCUT2D eigenvalue weighted by molar-refractivity contribution is 5.98. The number of methoxy groups -OCH3 is 1. The highest BCUT2D eigenvalue weighted by Crippen LogP contribution is 2.47. The Bertz CT molecular complexity index is 3660. The molecule has 27 heteroatoms. The fourth-order valence-corrected chi connectivity index (χ4v) is 7.92. The molecule has 372 valence electrons. The molecule has 8 bridgehead atoms. The second kappa shape index (κ2) is 17.5. The molecule has 7 aromatic rings. The summed E-state index contributed by atoms with van der Waals surface area (Å²) in [6.45, 7) is 0. The standard InChI is InChI=1S/C45H14F20N4O3/c1-71-45-43-17(21-28(52)36(60)41(65)37(61)29(21)53)13-7-5-11(68-13)15(19-24(48)32(56)39(63)33(57)25(19)49)9-3-2-8(66-9)14(18-22(46)30(54)38(62)31(55)23(18)47)10-4-6-12(67-10)16(42(69-43)44(70)72-45)20-26(50)34(58)40(64)35(59)27(20)51/h2-7,44-45,67-68,70H,1H3/t44-,45-/m1/s1. The largest absolute Gasteiger partial charge is 0.363 e. The molecule has 0 amide bonds. The van der Waals surface area contributed by atoms with E-state index in [9.17, 15) is 22.7 Å². The Morgan fingerprint density at radius 1 is 0.361 bits per heavy atom. The van der Waals surface area contributed by atoms with E-state index in [4.69, 9.17) is 9.47 Å². The normalized spacial score (nSPS) is 14.8. The van der Waals surface area contributed by atoms with Gasteiger partial charge >= 0.3 is 0 Å². The second-order valence-corrected chi connectivity index (χ2v) is 15.0. The number of aromatic amines is 2. The maximum Gasteiger partial charge on any atom is 0.204 e. The summed E-state index contributed by atoms with van der Waals surface area (Å²) in [7, 11) is 0.649. The monoisotopic (exact) mass is 1040 g/mol. The van der Waals surface area contributed by atoms with Crippen LogP contribution in [-0.2, 0) is 9.47 Å². The second-order valence-electron chi connectivity index (χ2n) is 15.0. The summed E-state index contributed by atoms with van der Waals surface area (Å²) in [5.74, 6) is -54.4. The van der Waals surface area contributed by atoms with E-state index >= 15 is 70.2 Å². The molecule has 0 saturated carbocycles. The topological polar surface area (TPSA) is 96.1 Å². The Balaban J connectivity index is 1.65. The van der Waals surface area contributed by atoms with Gasteiger partial charge in [0.25, 0.3) is 0 Å². The van der Waals surface area contributed by atoms with Crippen molar-refractivity contribution < 1.29 is 102 Å². The molecule has 0 radical (unpaired) electrons. The lowest BCUT2D eigenvalue weighted by molar-refractivity contribution is -0.237. The van der Waals surface area contributed by atoms with Crippen molar-refractivity contribution in [3.63, 3.8) is 0 Å². The minimum atomic E-state index is -2.95. The van der Waals surface area contributed by atoms with Crippen molar-refractivity contribution in [3.8, 4) is 44.5 Å². The van der Waals surface area contributed by atoms with Gasteiger partial charge in [0.15, 0.2) is 93.1 Å². The summed E-state index contributed by atoms with van der Waals surface area (Å²) in [5, 5.41) is 11.4. The van der Waals surface area contributed by atoms with E-state index in [2.05, 4.69) is 19.9 Å². The molecule has 0 aliphatic carbocycles. The number of ether oxygens (including phenoxy) is 2. The quantitative estimate of drug-likeness (QED) is 0.0907. The van der Waals surface area contributed by atoms with E-state index in [1.807, 2.05) is 0 Å².